The summed E-state index contributed by atoms with van der Waals surface area (Å²) in [6, 6.07) is 5.03. The molecule has 0 spiro atoms. The number of hydrogen-bond acceptors (Lipinski definition) is 2. The van der Waals surface area contributed by atoms with E-state index in [2.05, 4.69) is 4.85 Å². The Morgan fingerprint density at radius 2 is 2.50 bits per heavy atom. The second-order valence-corrected chi connectivity index (χ2v) is 1.69. The zero-order valence-electron chi connectivity index (χ0n) is 5.16. The summed E-state index contributed by atoms with van der Waals surface area (Å²) < 4.78 is 4.90. The maximum absolute atomic E-state index is 8.30. The van der Waals surface area contributed by atoms with Crippen LogP contribution in [0.1, 0.15) is 11.5 Å². The number of nitriles is 1. The zero-order chi connectivity index (χ0) is 7.40. The quantitative estimate of drug-likeness (QED) is 0.544. The van der Waals surface area contributed by atoms with Gasteiger partial charge in [-0.15, -0.1) is 0 Å². The first-order chi connectivity index (χ1) is 4.86. The van der Waals surface area contributed by atoms with Crippen molar-refractivity contribution >= 4 is 0 Å². The van der Waals surface area contributed by atoms with Gasteiger partial charge in [0.05, 0.1) is 0 Å². The monoisotopic (exact) mass is 132 g/mol. The topological polar surface area (TPSA) is 41.3 Å². The molecule has 0 aliphatic heterocycles. The first-order valence-corrected chi connectivity index (χ1v) is 2.69. The summed E-state index contributed by atoms with van der Waals surface area (Å²) in [4.78, 5) is 3.10. The van der Waals surface area contributed by atoms with Crippen LogP contribution in [0.5, 0.6) is 0 Å². The van der Waals surface area contributed by atoms with E-state index in [0.29, 0.717) is 5.76 Å². The molecule has 0 radical (unpaired) electrons. The van der Waals surface area contributed by atoms with Crippen molar-refractivity contribution in [3.8, 4) is 6.07 Å². The van der Waals surface area contributed by atoms with Crippen LogP contribution in [0, 0.1) is 17.9 Å². The van der Waals surface area contributed by atoms with Gasteiger partial charge in [-0.05, 0) is 12.1 Å². The van der Waals surface area contributed by atoms with Crippen molar-refractivity contribution in [3.05, 3.63) is 35.1 Å². The lowest BCUT2D eigenvalue weighted by Crippen LogP contribution is -1.68. The minimum absolute atomic E-state index is 0.210. The standard InChI is InChI=1S/C7H4N2O/c1-9-5-7-3-2-6(4-8)10-7/h2-3H,5H2. The summed E-state index contributed by atoms with van der Waals surface area (Å²) >= 11 is 0. The van der Waals surface area contributed by atoms with Gasteiger partial charge in [0.15, 0.2) is 5.76 Å². The molecule has 3 heteroatoms. The molecule has 0 saturated heterocycles. The highest BCUT2D eigenvalue weighted by atomic mass is 16.3. The molecule has 0 N–H and O–H groups in total. The van der Waals surface area contributed by atoms with E-state index in [0.717, 1.165) is 0 Å². The summed E-state index contributed by atoms with van der Waals surface area (Å²) in [5.74, 6) is 0.810. The number of rotatable bonds is 1. The van der Waals surface area contributed by atoms with Gasteiger partial charge in [0.2, 0.25) is 5.76 Å². The minimum atomic E-state index is 0.210. The smallest absolute Gasteiger partial charge is 0.271 e. The molecule has 0 unspecified atom stereocenters. The first-order valence-electron chi connectivity index (χ1n) is 2.69. The highest BCUT2D eigenvalue weighted by Gasteiger charge is 2.00. The molecule has 48 valence electrons. The highest BCUT2D eigenvalue weighted by molar-refractivity contribution is 5.19. The molecule has 0 atom stereocenters. The molecule has 0 amide bonds. The van der Waals surface area contributed by atoms with Gasteiger partial charge in [0, 0.05) is 0 Å². The minimum Gasteiger partial charge on any atom is -0.443 e. The second kappa shape index (κ2) is 2.70. The highest BCUT2D eigenvalue weighted by Crippen LogP contribution is 2.06. The van der Waals surface area contributed by atoms with E-state index in [1.807, 2.05) is 6.07 Å². The van der Waals surface area contributed by atoms with E-state index >= 15 is 0 Å². The van der Waals surface area contributed by atoms with E-state index in [9.17, 15) is 0 Å². The number of nitrogens with zero attached hydrogens (tertiary/aromatic N) is 2. The lowest BCUT2D eigenvalue weighted by atomic mass is 10.4. The van der Waals surface area contributed by atoms with E-state index in [1.165, 1.54) is 0 Å². The molecule has 0 aliphatic rings. The van der Waals surface area contributed by atoms with Crippen LogP contribution in [0.3, 0.4) is 0 Å². The molecule has 0 aromatic carbocycles. The van der Waals surface area contributed by atoms with Crippen LogP contribution >= 0.6 is 0 Å². The van der Waals surface area contributed by atoms with Crippen molar-refractivity contribution in [1.29, 1.82) is 5.26 Å². The Bertz CT molecular complexity index is 300. The summed E-state index contributed by atoms with van der Waals surface area (Å²) in [7, 11) is 0. The molecule has 1 rings (SSSR count). The van der Waals surface area contributed by atoms with Gasteiger partial charge in [-0.2, -0.15) is 5.26 Å². The zero-order valence-corrected chi connectivity index (χ0v) is 5.16. The predicted molar refractivity (Wildman–Crippen MR) is 33.7 cm³/mol. The maximum Gasteiger partial charge on any atom is 0.271 e. The van der Waals surface area contributed by atoms with Crippen molar-refractivity contribution < 1.29 is 4.42 Å². The molecule has 1 aromatic rings. The second-order valence-electron chi connectivity index (χ2n) is 1.69. The van der Waals surface area contributed by atoms with Gasteiger partial charge < -0.3 is 9.26 Å². The molecular weight excluding hydrogens is 128 g/mol. The lowest BCUT2D eigenvalue weighted by Gasteiger charge is -1.78. The van der Waals surface area contributed by atoms with E-state index in [1.54, 1.807) is 12.1 Å². The van der Waals surface area contributed by atoms with Crippen LogP contribution < -0.4 is 0 Å². The van der Waals surface area contributed by atoms with Crippen LogP contribution in [0.15, 0.2) is 16.5 Å². The summed E-state index contributed by atoms with van der Waals surface area (Å²) in [5, 5.41) is 8.30. The molecule has 3 nitrogen and oxygen atoms in total. The van der Waals surface area contributed by atoms with E-state index in [4.69, 9.17) is 16.3 Å². The number of furan rings is 1. The molecular formula is C7H4N2O. The normalized spacial score (nSPS) is 8.20. The molecule has 0 bridgehead atoms. The van der Waals surface area contributed by atoms with Crippen molar-refractivity contribution in [2.75, 3.05) is 0 Å². The fourth-order valence-corrected chi connectivity index (χ4v) is 0.601. The van der Waals surface area contributed by atoms with Gasteiger partial charge in [-0.3, -0.25) is 0 Å². The Balaban J connectivity index is 2.83. The van der Waals surface area contributed by atoms with Gasteiger partial charge in [-0.1, -0.05) is 0 Å². The molecule has 1 heterocycles. The summed E-state index contributed by atoms with van der Waals surface area (Å²) in [5.41, 5.74) is 0. The van der Waals surface area contributed by atoms with E-state index < -0.39 is 0 Å². The SMILES string of the molecule is [C-]#[N+]Cc1ccc(C#N)o1. The van der Waals surface area contributed by atoms with Gasteiger partial charge in [0.25, 0.3) is 6.54 Å². The maximum atomic E-state index is 8.30. The fourth-order valence-electron chi connectivity index (χ4n) is 0.601. The van der Waals surface area contributed by atoms with Crippen molar-refractivity contribution in [2.45, 2.75) is 6.54 Å². The lowest BCUT2D eigenvalue weighted by molar-refractivity contribution is 0.510. The number of hydrogen-bond donors (Lipinski definition) is 0. The molecule has 1 aromatic heterocycles. The third-order valence-electron chi connectivity index (χ3n) is 1.01. The largest absolute Gasteiger partial charge is 0.443 e. The molecule has 0 aliphatic carbocycles. The van der Waals surface area contributed by atoms with Gasteiger partial charge in [-0.25, -0.2) is 6.57 Å². The Morgan fingerprint density at radius 3 is 3.00 bits per heavy atom. The third kappa shape index (κ3) is 1.15. The van der Waals surface area contributed by atoms with E-state index in [-0.39, 0.29) is 12.3 Å². The van der Waals surface area contributed by atoms with Crippen LogP contribution in [-0.2, 0) is 6.54 Å². The third-order valence-corrected chi connectivity index (χ3v) is 1.01. The van der Waals surface area contributed by atoms with Crippen molar-refractivity contribution in [1.82, 2.24) is 0 Å². The van der Waals surface area contributed by atoms with Crippen LogP contribution in [0.2, 0.25) is 0 Å². The van der Waals surface area contributed by atoms with Gasteiger partial charge in [0.1, 0.15) is 6.07 Å². The fraction of sp³-hybridized carbons (Fsp3) is 0.143. The molecule has 0 fully saturated rings. The Hall–Kier alpha value is -1.74. The summed E-state index contributed by atoms with van der Waals surface area (Å²) in [6.07, 6.45) is 0. The van der Waals surface area contributed by atoms with Crippen LogP contribution in [0.4, 0.5) is 0 Å². The van der Waals surface area contributed by atoms with Crippen molar-refractivity contribution in [2.24, 2.45) is 0 Å². The first kappa shape index (κ1) is 6.38. The summed E-state index contributed by atoms with van der Waals surface area (Å²) in [6.45, 7) is 6.70. The Morgan fingerprint density at radius 1 is 1.70 bits per heavy atom. The van der Waals surface area contributed by atoms with Gasteiger partial charge >= 0.3 is 0 Å². The molecule has 0 saturated carbocycles. The van der Waals surface area contributed by atoms with Crippen molar-refractivity contribution in [3.63, 3.8) is 0 Å². The van der Waals surface area contributed by atoms with Crippen LogP contribution in [-0.4, -0.2) is 0 Å². The Kier molecular flexibility index (Phi) is 1.72. The average Bonchev–Trinajstić information content (AvgIpc) is 2.37. The average molecular weight is 132 g/mol. The Labute approximate surface area is 58.3 Å². The van der Waals surface area contributed by atoms with Crippen LogP contribution in [0.25, 0.3) is 4.85 Å². The predicted octanol–water partition coefficient (Wildman–Crippen LogP) is 1.57. The molecule has 10 heavy (non-hydrogen) atoms.